The summed E-state index contributed by atoms with van der Waals surface area (Å²) in [7, 11) is 1.67. The topological polar surface area (TPSA) is 59.4 Å². The first-order valence-electron chi connectivity index (χ1n) is 9.63. The number of rotatable bonds is 5. The number of ether oxygens (including phenoxy) is 1. The van der Waals surface area contributed by atoms with Gasteiger partial charge >= 0.3 is 0 Å². The number of piperidine rings is 1. The van der Waals surface area contributed by atoms with E-state index in [1.54, 1.807) is 30.3 Å². The van der Waals surface area contributed by atoms with Gasteiger partial charge in [-0.05, 0) is 55.3 Å². The van der Waals surface area contributed by atoms with Crippen LogP contribution in [-0.2, 0) is 0 Å². The number of benzene rings is 2. The lowest BCUT2D eigenvalue weighted by atomic mass is 10.0. The van der Waals surface area contributed by atoms with Crippen molar-refractivity contribution in [3.05, 3.63) is 71.5 Å². The Bertz CT molecular complexity index is 978. The number of aromatic nitrogens is 2. The molecule has 0 aliphatic carbocycles. The number of hydrogen-bond acceptors (Lipinski definition) is 4. The number of nitrogens with zero attached hydrogens (tertiary/aromatic N) is 3. The number of carbonyl (C=O) groups is 1. The quantitative estimate of drug-likeness (QED) is 0.692. The largest absolute Gasteiger partial charge is 0.497 e. The summed E-state index contributed by atoms with van der Waals surface area (Å²) in [5.41, 5.74) is 2.55. The number of nitrogens with one attached hydrogen (secondary N) is 1. The number of carbonyl (C=O) groups excluding carboxylic acids is 1. The van der Waals surface area contributed by atoms with Gasteiger partial charge in [0.15, 0.2) is 0 Å². The Morgan fingerprint density at radius 1 is 1.14 bits per heavy atom. The highest BCUT2D eigenvalue weighted by atomic mass is 35.5. The molecule has 7 heteroatoms. The van der Waals surface area contributed by atoms with E-state index in [0.29, 0.717) is 10.6 Å². The maximum Gasteiger partial charge on any atom is 0.254 e. The minimum atomic E-state index is -0.0961. The van der Waals surface area contributed by atoms with E-state index < -0.39 is 0 Å². The van der Waals surface area contributed by atoms with E-state index in [4.69, 9.17) is 16.3 Å². The highest BCUT2D eigenvalue weighted by molar-refractivity contribution is 6.30. The normalized spacial score (nSPS) is 14.6. The Morgan fingerprint density at radius 3 is 2.59 bits per heavy atom. The van der Waals surface area contributed by atoms with E-state index >= 15 is 0 Å². The van der Waals surface area contributed by atoms with Crippen molar-refractivity contribution in [1.82, 2.24) is 15.1 Å². The van der Waals surface area contributed by atoms with Gasteiger partial charge in [0.1, 0.15) is 5.75 Å². The number of amides is 1. The van der Waals surface area contributed by atoms with Crippen molar-refractivity contribution in [2.45, 2.75) is 18.9 Å². The predicted octanol–water partition coefficient (Wildman–Crippen LogP) is 3.93. The van der Waals surface area contributed by atoms with Crippen LogP contribution in [-0.4, -0.2) is 41.9 Å². The molecule has 1 N–H and O–H groups in total. The molecule has 2 aromatic carbocycles. The van der Waals surface area contributed by atoms with Crippen LogP contribution < -0.4 is 15.0 Å². The molecule has 29 heavy (non-hydrogen) atoms. The predicted molar refractivity (Wildman–Crippen MR) is 114 cm³/mol. The van der Waals surface area contributed by atoms with Crippen molar-refractivity contribution in [1.29, 1.82) is 0 Å². The monoisotopic (exact) mass is 410 g/mol. The van der Waals surface area contributed by atoms with Gasteiger partial charge in [0.2, 0.25) is 0 Å². The Labute approximate surface area is 175 Å². The zero-order chi connectivity index (χ0) is 20.2. The van der Waals surface area contributed by atoms with Gasteiger partial charge in [0, 0.05) is 36.0 Å². The molecule has 1 aliphatic rings. The van der Waals surface area contributed by atoms with Crippen LogP contribution in [0.1, 0.15) is 23.2 Å². The van der Waals surface area contributed by atoms with E-state index in [1.165, 1.54) is 5.69 Å². The Balaban J connectivity index is 1.33. The molecule has 2 heterocycles. The molecule has 3 aromatic rings. The van der Waals surface area contributed by atoms with Gasteiger partial charge in [-0.3, -0.25) is 4.79 Å². The summed E-state index contributed by atoms with van der Waals surface area (Å²) in [6.07, 6.45) is 5.12. The molecule has 1 aliphatic heterocycles. The maximum absolute atomic E-state index is 12.6. The van der Waals surface area contributed by atoms with Gasteiger partial charge in [0.05, 0.1) is 24.6 Å². The molecule has 0 atom stereocenters. The molecule has 1 amide bonds. The summed E-state index contributed by atoms with van der Waals surface area (Å²) < 4.78 is 6.88. The summed E-state index contributed by atoms with van der Waals surface area (Å²) in [4.78, 5) is 15.0. The van der Waals surface area contributed by atoms with Crippen LogP contribution in [0.4, 0.5) is 5.69 Å². The number of methoxy groups -OCH3 is 1. The first-order valence-corrected chi connectivity index (χ1v) is 10.0. The molecule has 1 saturated heterocycles. The van der Waals surface area contributed by atoms with Crippen molar-refractivity contribution >= 4 is 23.2 Å². The zero-order valence-electron chi connectivity index (χ0n) is 16.2. The van der Waals surface area contributed by atoms with E-state index in [9.17, 15) is 4.79 Å². The number of hydrogen-bond donors (Lipinski definition) is 1. The molecule has 4 rings (SSSR count). The average molecular weight is 411 g/mol. The standard InChI is InChI=1S/C22H23ClN4O2/c1-29-21-7-5-19(6-8-21)26-11-9-18(10-12-26)25-22(28)16-14-24-27(15-16)20-4-2-3-17(23)13-20/h2-8,13-15,18H,9-12H2,1H3,(H,25,28). The third-order valence-corrected chi connectivity index (χ3v) is 5.42. The second-order valence-electron chi connectivity index (χ2n) is 7.09. The van der Waals surface area contributed by atoms with Crippen LogP contribution in [0.3, 0.4) is 0 Å². The fourth-order valence-electron chi connectivity index (χ4n) is 3.54. The van der Waals surface area contributed by atoms with Gasteiger partial charge in [-0.25, -0.2) is 4.68 Å². The Hall–Kier alpha value is -2.99. The average Bonchev–Trinajstić information content (AvgIpc) is 3.25. The lowest BCUT2D eigenvalue weighted by molar-refractivity contribution is 0.0931. The summed E-state index contributed by atoms with van der Waals surface area (Å²) >= 11 is 6.03. The van der Waals surface area contributed by atoms with Crippen LogP contribution in [0.15, 0.2) is 60.9 Å². The van der Waals surface area contributed by atoms with E-state index in [-0.39, 0.29) is 11.9 Å². The van der Waals surface area contributed by atoms with Crippen LogP contribution in [0.5, 0.6) is 5.75 Å². The molecule has 150 valence electrons. The van der Waals surface area contributed by atoms with Crippen LogP contribution >= 0.6 is 11.6 Å². The van der Waals surface area contributed by atoms with Gasteiger partial charge in [0.25, 0.3) is 5.91 Å². The molecule has 0 radical (unpaired) electrons. The first-order chi connectivity index (χ1) is 14.1. The first kappa shape index (κ1) is 19.3. The van der Waals surface area contributed by atoms with Crippen molar-refractivity contribution in [2.75, 3.05) is 25.1 Å². The molecular formula is C22H23ClN4O2. The molecule has 0 spiro atoms. The third-order valence-electron chi connectivity index (χ3n) is 5.19. The Morgan fingerprint density at radius 2 is 1.90 bits per heavy atom. The fourth-order valence-corrected chi connectivity index (χ4v) is 3.73. The fraction of sp³-hybridized carbons (Fsp3) is 0.273. The molecular weight excluding hydrogens is 388 g/mol. The SMILES string of the molecule is COc1ccc(N2CCC(NC(=O)c3cnn(-c4cccc(Cl)c4)c3)CC2)cc1. The summed E-state index contributed by atoms with van der Waals surface area (Å²) in [6.45, 7) is 1.80. The van der Waals surface area contributed by atoms with Crippen molar-refractivity contribution in [3.63, 3.8) is 0 Å². The minimum absolute atomic E-state index is 0.0961. The smallest absolute Gasteiger partial charge is 0.254 e. The van der Waals surface area contributed by atoms with Crippen LogP contribution in [0, 0.1) is 0 Å². The molecule has 0 unspecified atom stereocenters. The minimum Gasteiger partial charge on any atom is -0.497 e. The maximum atomic E-state index is 12.6. The van der Waals surface area contributed by atoms with E-state index in [0.717, 1.165) is 37.4 Å². The van der Waals surface area contributed by atoms with Gasteiger partial charge in [-0.1, -0.05) is 17.7 Å². The number of halogens is 1. The molecule has 1 fully saturated rings. The van der Waals surface area contributed by atoms with Crippen molar-refractivity contribution in [3.8, 4) is 11.4 Å². The van der Waals surface area contributed by atoms with E-state index in [2.05, 4.69) is 27.4 Å². The molecule has 0 saturated carbocycles. The molecule has 1 aromatic heterocycles. The third kappa shape index (κ3) is 4.54. The zero-order valence-corrected chi connectivity index (χ0v) is 17.0. The lowest BCUT2D eigenvalue weighted by Crippen LogP contribution is -2.44. The molecule has 6 nitrogen and oxygen atoms in total. The van der Waals surface area contributed by atoms with Gasteiger partial charge in [-0.15, -0.1) is 0 Å². The second kappa shape index (κ2) is 8.57. The summed E-state index contributed by atoms with van der Waals surface area (Å²) in [5, 5.41) is 8.05. The van der Waals surface area contributed by atoms with Gasteiger partial charge < -0.3 is 15.0 Å². The highest BCUT2D eigenvalue weighted by Gasteiger charge is 2.22. The highest BCUT2D eigenvalue weighted by Crippen LogP contribution is 2.23. The van der Waals surface area contributed by atoms with Gasteiger partial charge in [-0.2, -0.15) is 5.10 Å². The van der Waals surface area contributed by atoms with E-state index in [1.807, 2.05) is 30.3 Å². The van der Waals surface area contributed by atoms with Crippen molar-refractivity contribution in [2.24, 2.45) is 0 Å². The summed E-state index contributed by atoms with van der Waals surface area (Å²) in [5.74, 6) is 0.760. The molecule has 0 bridgehead atoms. The lowest BCUT2D eigenvalue weighted by Gasteiger charge is -2.34. The van der Waals surface area contributed by atoms with Crippen molar-refractivity contribution < 1.29 is 9.53 Å². The second-order valence-corrected chi connectivity index (χ2v) is 7.52. The number of anilines is 1. The summed E-state index contributed by atoms with van der Waals surface area (Å²) in [6, 6.07) is 15.6. The van der Waals surface area contributed by atoms with Crippen LogP contribution in [0.25, 0.3) is 5.69 Å². The Kier molecular flexibility index (Phi) is 5.71. The van der Waals surface area contributed by atoms with Crippen LogP contribution in [0.2, 0.25) is 5.02 Å².